The van der Waals surface area contributed by atoms with Crippen LogP contribution in [-0.4, -0.2) is 92.1 Å². The molecule has 4 rings (SSSR count). The van der Waals surface area contributed by atoms with E-state index in [0.717, 1.165) is 11.1 Å². The monoisotopic (exact) mass is 637 g/mol. The van der Waals surface area contributed by atoms with Gasteiger partial charge >= 0.3 is 5.97 Å². The van der Waals surface area contributed by atoms with Gasteiger partial charge in [-0.3, -0.25) is 14.4 Å². The number of hydrogen-bond donors (Lipinski definition) is 1. The van der Waals surface area contributed by atoms with Crippen LogP contribution in [0.3, 0.4) is 0 Å². The Morgan fingerprint density at radius 2 is 1.26 bits per heavy atom. The lowest BCUT2D eigenvalue weighted by molar-refractivity contribution is -0.137. The Balaban J connectivity index is 1.69. The summed E-state index contributed by atoms with van der Waals surface area (Å²) in [6, 6.07) is 29.8. The molecule has 0 heterocycles. The van der Waals surface area contributed by atoms with E-state index >= 15 is 0 Å². The summed E-state index contributed by atoms with van der Waals surface area (Å²) in [4.78, 5) is 45.5. The molecule has 0 aromatic heterocycles. The molecule has 9 heteroatoms. The number of carbonyl (C=O) groups excluding carboxylic acids is 2. The molecule has 0 aliphatic carbocycles. The van der Waals surface area contributed by atoms with Crippen LogP contribution in [0.2, 0.25) is 0 Å². The Labute approximate surface area is 276 Å². The lowest BCUT2D eigenvalue weighted by Crippen LogP contribution is -2.36. The number of aliphatic carboxylic acids is 1. The number of benzene rings is 4. The highest BCUT2D eigenvalue weighted by Gasteiger charge is 2.25. The Morgan fingerprint density at radius 3 is 1.83 bits per heavy atom. The van der Waals surface area contributed by atoms with Gasteiger partial charge < -0.3 is 29.3 Å². The highest BCUT2D eigenvalue weighted by molar-refractivity contribution is 6.06. The first-order valence-corrected chi connectivity index (χ1v) is 15.6. The van der Waals surface area contributed by atoms with E-state index in [1.807, 2.05) is 90.6 Å². The fourth-order valence-corrected chi connectivity index (χ4v) is 5.40. The average Bonchev–Trinajstić information content (AvgIpc) is 3.09. The number of nitrogens with zero attached hydrogens (tertiary/aromatic N) is 3. The van der Waals surface area contributed by atoms with Crippen molar-refractivity contribution in [2.45, 2.75) is 19.4 Å². The second-order valence-corrected chi connectivity index (χ2v) is 11.5. The van der Waals surface area contributed by atoms with Gasteiger partial charge in [-0.05, 0) is 73.1 Å². The molecule has 1 N–H and O–H groups in total. The fraction of sp³-hybridized carbons (Fsp3) is 0.289. The standard InChI is InChI=1S/C38H43N3O6/c1-39(2)24-25-41(27-28-12-6-5-7-13-28)38(45)34-17-11-9-15-32(34)31-14-8-10-16-33(31)37(44)40(23-21-36(42)43)22-20-29-26-30(46-3)18-19-35(29)47-4/h5-19,26H,20-25,27H2,1-4H3,(H,42,43). The summed E-state index contributed by atoms with van der Waals surface area (Å²) in [5, 5.41) is 9.50. The molecular formula is C38H43N3O6. The Kier molecular flexibility index (Phi) is 12.5. The molecule has 0 fully saturated rings. The van der Waals surface area contributed by atoms with E-state index in [-0.39, 0.29) is 31.3 Å². The topological polar surface area (TPSA) is 99.6 Å². The van der Waals surface area contributed by atoms with Crippen LogP contribution in [0, 0.1) is 0 Å². The molecule has 0 unspecified atom stereocenters. The zero-order chi connectivity index (χ0) is 33.8. The maximum Gasteiger partial charge on any atom is 0.305 e. The lowest BCUT2D eigenvalue weighted by Gasteiger charge is -2.27. The van der Waals surface area contributed by atoms with Gasteiger partial charge in [-0.1, -0.05) is 66.7 Å². The van der Waals surface area contributed by atoms with Crippen LogP contribution >= 0.6 is 0 Å². The first kappa shape index (κ1) is 34.7. The molecule has 47 heavy (non-hydrogen) atoms. The third kappa shape index (κ3) is 9.43. The van der Waals surface area contributed by atoms with Gasteiger partial charge in [0.05, 0.1) is 20.6 Å². The third-order valence-electron chi connectivity index (χ3n) is 7.95. The highest BCUT2D eigenvalue weighted by atomic mass is 16.5. The van der Waals surface area contributed by atoms with Crippen molar-refractivity contribution in [3.63, 3.8) is 0 Å². The van der Waals surface area contributed by atoms with Crippen LogP contribution in [0.5, 0.6) is 11.5 Å². The second kappa shape index (κ2) is 17.0. The van der Waals surface area contributed by atoms with E-state index in [2.05, 4.69) is 0 Å². The zero-order valence-electron chi connectivity index (χ0n) is 27.5. The van der Waals surface area contributed by atoms with Gasteiger partial charge in [0.25, 0.3) is 11.8 Å². The molecule has 0 bridgehead atoms. The van der Waals surface area contributed by atoms with Crippen LogP contribution in [0.25, 0.3) is 11.1 Å². The van der Waals surface area contributed by atoms with Gasteiger partial charge in [0.2, 0.25) is 0 Å². The summed E-state index contributed by atoms with van der Waals surface area (Å²) < 4.78 is 10.9. The van der Waals surface area contributed by atoms with Crippen LogP contribution in [0.15, 0.2) is 97.1 Å². The number of rotatable bonds is 16. The van der Waals surface area contributed by atoms with Gasteiger partial charge in [0.15, 0.2) is 0 Å². The van der Waals surface area contributed by atoms with Crippen LogP contribution < -0.4 is 9.47 Å². The number of carboxylic acids is 1. The van der Waals surface area contributed by atoms with Crippen molar-refractivity contribution >= 4 is 17.8 Å². The maximum atomic E-state index is 14.3. The Morgan fingerprint density at radius 1 is 0.660 bits per heavy atom. The summed E-state index contributed by atoms with van der Waals surface area (Å²) >= 11 is 0. The normalized spacial score (nSPS) is 10.8. The molecule has 0 radical (unpaired) electrons. The van der Waals surface area contributed by atoms with E-state index in [1.165, 1.54) is 0 Å². The quantitative estimate of drug-likeness (QED) is 0.167. The van der Waals surface area contributed by atoms with Gasteiger partial charge in [-0.15, -0.1) is 0 Å². The molecule has 0 saturated carbocycles. The number of carbonyl (C=O) groups is 3. The van der Waals surface area contributed by atoms with Crippen molar-refractivity contribution in [2.24, 2.45) is 0 Å². The smallest absolute Gasteiger partial charge is 0.305 e. The van der Waals surface area contributed by atoms with Crippen LogP contribution in [-0.2, 0) is 17.8 Å². The molecule has 0 spiro atoms. The molecule has 4 aromatic rings. The molecule has 0 aliphatic heterocycles. The summed E-state index contributed by atoms with van der Waals surface area (Å²) in [6.45, 7) is 1.92. The number of methoxy groups -OCH3 is 2. The number of likely N-dealkylation sites (N-methyl/N-ethyl adjacent to an activating group) is 1. The van der Waals surface area contributed by atoms with Crippen molar-refractivity contribution in [1.29, 1.82) is 0 Å². The van der Waals surface area contributed by atoms with E-state index in [1.54, 1.807) is 49.5 Å². The Bertz CT molecular complexity index is 1660. The van der Waals surface area contributed by atoms with E-state index in [0.29, 0.717) is 59.8 Å². The lowest BCUT2D eigenvalue weighted by atomic mass is 9.93. The average molecular weight is 638 g/mol. The third-order valence-corrected chi connectivity index (χ3v) is 7.95. The minimum atomic E-state index is -0.998. The number of carboxylic acid groups (broad SMARTS) is 1. The number of hydrogen-bond acceptors (Lipinski definition) is 6. The molecule has 0 saturated heterocycles. The van der Waals surface area contributed by atoms with Gasteiger partial charge in [0.1, 0.15) is 11.5 Å². The molecule has 4 aromatic carbocycles. The fourth-order valence-electron chi connectivity index (χ4n) is 5.40. The summed E-state index contributed by atoms with van der Waals surface area (Å²) in [7, 11) is 7.11. The zero-order valence-corrected chi connectivity index (χ0v) is 27.5. The summed E-state index contributed by atoms with van der Waals surface area (Å²) in [6.07, 6.45) is 0.210. The Hall–Kier alpha value is -5.15. The predicted octanol–water partition coefficient (Wildman–Crippen LogP) is 5.73. The number of ether oxygens (including phenoxy) is 2. The van der Waals surface area contributed by atoms with Crippen molar-refractivity contribution in [2.75, 3.05) is 54.5 Å². The van der Waals surface area contributed by atoms with Crippen LogP contribution in [0.1, 0.15) is 38.3 Å². The maximum absolute atomic E-state index is 14.3. The first-order chi connectivity index (χ1) is 22.7. The molecule has 9 nitrogen and oxygen atoms in total. The first-order valence-electron chi connectivity index (χ1n) is 15.6. The number of amides is 2. The van der Waals surface area contributed by atoms with Gasteiger partial charge in [-0.25, -0.2) is 0 Å². The summed E-state index contributed by atoms with van der Waals surface area (Å²) in [5.41, 5.74) is 3.97. The molecule has 0 aliphatic rings. The van der Waals surface area contributed by atoms with Crippen molar-refractivity contribution in [3.8, 4) is 22.6 Å². The molecular weight excluding hydrogens is 594 g/mol. The highest BCUT2D eigenvalue weighted by Crippen LogP contribution is 2.30. The predicted molar refractivity (Wildman–Crippen MR) is 183 cm³/mol. The second-order valence-electron chi connectivity index (χ2n) is 11.5. The minimum Gasteiger partial charge on any atom is -0.497 e. The van der Waals surface area contributed by atoms with Crippen molar-refractivity contribution < 1.29 is 29.0 Å². The van der Waals surface area contributed by atoms with Gasteiger partial charge in [-0.2, -0.15) is 0 Å². The molecule has 2 amide bonds. The minimum absolute atomic E-state index is 0.0186. The van der Waals surface area contributed by atoms with E-state index < -0.39 is 5.97 Å². The van der Waals surface area contributed by atoms with Crippen LogP contribution in [0.4, 0.5) is 0 Å². The van der Waals surface area contributed by atoms with Crippen molar-refractivity contribution in [3.05, 3.63) is 119 Å². The van der Waals surface area contributed by atoms with E-state index in [9.17, 15) is 19.5 Å². The van der Waals surface area contributed by atoms with Crippen molar-refractivity contribution in [1.82, 2.24) is 14.7 Å². The van der Waals surface area contributed by atoms with E-state index in [4.69, 9.17) is 9.47 Å². The van der Waals surface area contributed by atoms with Gasteiger partial charge in [0, 0.05) is 43.9 Å². The molecule has 246 valence electrons. The summed E-state index contributed by atoms with van der Waals surface area (Å²) in [5.74, 6) is -0.148. The largest absolute Gasteiger partial charge is 0.497 e. The SMILES string of the molecule is COc1ccc(OC)c(CCN(CCC(=O)O)C(=O)c2ccccc2-c2ccccc2C(=O)N(CCN(C)C)Cc2ccccc2)c1. The molecule has 0 atom stereocenters.